The Morgan fingerprint density at radius 2 is 1.75 bits per heavy atom. The summed E-state index contributed by atoms with van der Waals surface area (Å²) in [5.74, 6) is -2.26. The fourth-order valence-electron chi connectivity index (χ4n) is 1.45. The molecule has 0 radical (unpaired) electrons. The van der Waals surface area contributed by atoms with E-state index in [9.17, 15) is 14.4 Å². The van der Waals surface area contributed by atoms with Crippen LogP contribution < -0.4 is 11.1 Å². The van der Waals surface area contributed by atoms with E-state index in [2.05, 4.69) is 5.32 Å². The first kappa shape index (κ1) is 15.8. The number of Topliss-reactive ketones (excluding diaryl/α,β-unsaturated/α-hetero) is 1. The van der Waals surface area contributed by atoms with Crippen LogP contribution in [0.4, 0.5) is 0 Å². The van der Waals surface area contributed by atoms with Crippen LogP contribution in [-0.2, 0) is 9.59 Å². The Hall–Kier alpha value is -2.28. The molecule has 1 amide bonds. The van der Waals surface area contributed by atoms with Crippen molar-refractivity contribution in [1.82, 2.24) is 5.32 Å². The first-order valence-corrected chi connectivity index (χ1v) is 6.17. The maximum Gasteiger partial charge on any atom is 0.310 e. The number of amides is 1. The van der Waals surface area contributed by atoms with E-state index in [4.69, 9.17) is 23.1 Å². The number of ketones is 1. The number of rotatable bonds is 6. The van der Waals surface area contributed by atoms with Crippen LogP contribution in [0, 0.1) is 0 Å². The molecule has 0 aromatic heterocycles. The Labute approximate surface area is 121 Å². The van der Waals surface area contributed by atoms with E-state index in [-0.39, 0.29) is 4.99 Å². The SMILES string of the molecule is CC(NC(=O)c1ccc(C(N)=S)cc1)C(=O)CC(=O)O. The fourth-order valence-corrected chi connectivity index (χ4v) is 1.58. The summed E-state index contributed by atoms with van der Waals surface area (Å²) in [5, 5.41) is 10.9. The summed E-state index contributed by atoms with van der Waals surface area (Å²) in [5.41, 5.74) is 6.40. The molecule has 0 aliphatic carbocycles. The van der Waals surface area contributed by atoms with Gasteiger partial charge in [-0.1, -0.05) is 24.4 Å². The minimum atomic E-state index is -1.23. The molecular weight excluding hydrogens is 280 g/mol. The number of carbonyl (C=O) groups is 3. The van der Waals surface area contributed by atoms with Crippen molar-refractivity contribution in [1.29, 1.82) is 0 Å². The van der Waals surface area contributed by atoms with Gasteiger partial charge in [-0.3, -0.25) is 14.4 Å². The van der Waals surface area contributed by atoms with Gasteiger partial charge in [0.05, 0.1) is 6.04 Å². The molecule has 0 fully saturated rings. The molecule has 1 aromatic carbocycles. The topological polar surface area (TPSA) is 109 Å². The second-order valence-electron chi connectivity index (χ2n) is 4.17. The second kappa shape index (κ2) is 6.76. The molecule has 6 nitrogen and oxygen atoms in total. The summed E-state index contributed by atoms with van der Waals surface area (Å²) in [7, 11) is 0. The highest BCUT2D eigenvalue weighted by Gasteiger charge is 2.18. The van der Waals surface area contributed by atoms with Crippen LogP contribution in [-0.4, -0.2) is 33.8 Å². The third-order valence-corrected chi connectivity index (χ3v) is 2.82. The lowest BCUT2D eigenvalue weighted by atomic mass is 10.1. The van der Waals surface area contributed by atoms with Gasteiger partial charge in [0.2, 0.25) is 0 Å². The molecule has 20 heavy (non-hydrogen) atoms. The largest absolute Gasteiger partial charge is 0.481 e. The first-order valence-electron chi connectivity index (χ1n) is 5.76. The van der Waals surface area contributed by atoms with Gasteiger partial charge in [-0.25, -0.2) is 0 Å². The van der Waals surface area contributed by atoms with Gasteiger partial charge in [0.1, 0.15) is 11.4 Å². The normalized spacial score (nSPS) is 11.4. The lowest BCUT2D eigenvalue weighted by Crippen LogP contribution is -2.39. The molecular formula is C13H14N2O4S. The molecule has 4 N–H and O–H groups in total. The Morgan fingerprint density at radius 3 is 2.20 bits per heavy atom. The van der Waals surface area contributed by atoms with Crippen LogP contribution in [0.15, 0.2) is 24.3 Å². The Balaban J connectivity index is 2.68. The molecule has 0 heterocycles. The number of benzene rings is 1. The predicted octanol–water partition coefficient (Wildman–Crippen LogP) is 0.483. The summed E-state index contributed by atoms with van der Waals surface area (Å²) in [4.78, 5) is 33.9. The number of hydrogen-bond acceptors (Lipinski definition) is 4. The summed E-state index contributed by atoms with van der Waals surface area (Å²) in [6.07, 6.45) is -0.623. The molecule has 0 bridgehead atoms. The van der Waals surface area contributed by atoms with E-state index in [0.717, 1.165) is 0 Å². The number of carboxylic acid groups (broad SMARTS) is 1. The predicted molar refractivity (Wildman–Crippen MR) is 76.5 cm³/mol. The van der Waals surface area contributed by atoms with Crippen molar-refractivity contribution in [3.63, 3.8) is 0 Å². The minimum absolute atomic E-state index is 0.224. The molecule has 0 aliphatic heterocycles. The van der Waals surface area contributed by atoms with E-state index >= 15 is 0 Å². The van der Waals surface area contributed by atoms with Crippen LogP contribution in [0.25, 0.3) is 0 Å². The van der Waals surface area contributed by atoms with Crippen molar-refractivity contribution in [2.45, 2.75) is 19.4 Å². The zero-order chi connectivity index (χ0) is 15.3. The quantitative estimate of drug-likeness (QED) is 0.520. The summed E-state index contributed by atoms with van der Waals surface area (Å²) < 4.78 is 0. The van der Waals surface area contributed by atoms with Gasteiger partial charge in [0.15, 0.2) is 5.78 Å². The molecule has 106 valence electrons. The molecule has 0 spiro atoms. The van der Waals surface area contributed by atoms with E-state index in [1.165, 1.54) is 19.1 Å². The zero-order valence-electron chi connectivity index (χ0n) is 10.8. The van der Waals surface area contributed by atoms with Gasteiger partial charge in [-0.15, -0.1) is 0 Å². The summed E-state index contributed by atoms with van der Waals surface area (Å²) in [6, 6.07) is 5.38. The highest BCUT2D eigenvalue weighted by Crippen LogP contribution is 2.05. The summed E-state index contributed by atoms with van der Waals surface area (Å²) in [6.45, 7) is 1.44. The maximum atomic E-state index is 11.9. The van der Waals surface area contributed by atoms with Crippen LogP contribution in [0.5, 0.6) is 0 Å². The second-order valence-corrected chi connectivity index (χ2v) is 4.61. The average Bonchev–Trinajstić information content (AvgIpc) is 2.37. The van der Waals surface area contributed by atoms with Crippen molar-refractivity contribution in [3.05, 3.63) is 35.4 Å². The molecule has 0 saturated carbocycles. The smallest absolute Gasteiger partial charge is 0.310 e. The average molecular weight is 294 g/mol. The molecule has 7 heteroatoms. The van der Waals surface area contributed by atoms with Crippen LogP contribution in [0.3, 0.4) is 0 Å². The molecule has 0 aliphatic rings. The van der Waals surface area contributed by atoms with Crippen LogP contribution in [0.2, 0.25) is 0 Å². The van der Waals surface area contributed by atoms with Gasteiger partial charge in [-0.05, 0) is 19.1 Å². The third-order valence-electron chi connectivity index (χ3n) is 2.59. The maximum absolute atomic E-state index is 11.9. The van der Waals surface area contributed by atoms with E-state index in [1.54, 1.807) is 12.1 Å². The number of carboxylic acids is 1. The highest BCUT2D eigenvalue weighted by molar-refractivity contribution is 7.80. The van der Waals surface area contributed by atoms with Gasteiger partial charge < -0.3 is 16.2 Å². The van der Waals surface area contributed by atoms with E-state index in [1.807, 2.05) is 0 Å². The third kappa shape index (κ3) is 4.43. The number of nitrogens with two attached hydrogens (primary N) is 1. The monoisotopic (exact) mass is 294 g/mol. The molecule has 1 aromatic rings. The number of aliphatic carboxylic acids is 1. The number of carbonyl (C=O) groups excluding carboxylic acids is 2. The molecule has 1 unspecified atom stereocenters. The zero-order valence-corrected chi connectivity index (χ0v) is 11.6. The highest BCUT2D eigenvalue weighted by atomic mass is 32.1. The van der Waals surface area contributed by atoms with Gasteiger partial charge in [0, 0.05) is 11.1 Å². The molecule has 1 rings (SSSR count). The van der Waals surface area contributed by atoms with Crippen LogP contribution in [0.1, 0.15) is 29.3 Å². The van der Waals surface area contributed by atoms with E-state index < -0.39 is 30.1 Å². The fraction of sp³-hybridized carbons (Fsp3) is 0.231. The molecule has 0 saturated heterocycles. The van der Waals surface area contributed by atoms with Crippen molar-refractivity contribution >= 4 is 34.9 Å². The van der Waals surface area contributed by atoms with Crippen molar-refractivity contribution in [3.8, 4) is 0 Å². The van der Waals surface area contributed by atoms with Crippen LogP contribution >= 0.6 is 12.2 Å². The van der Waals surface area contributed by atoms with E-state index in [0.29, 0.717) is 11.1 Å². The first-order chi connectivity index (χ1) is 9.31. The van der Waals surface area contributed by atoms with Gasteiger partial charge in [-0.2, -0.15) is 0 Å². The standard InChI is InChI=1S/C13H14N2O4S/c1-7(10(16)6-11(17)18)15-13(19)9-4-2-8(3-5-9)12(14)20/h2-5,7H,6H2,1H3,(H2,14,20)(H,15,19)(H,17,18). The Kier molecular flexibility index (Phi) is 5.33. The Bertz CT molecular complexity index is 554. The molecule has 1 atom stereocenters. The number of nitrogens with one attached hydrogen (secondary N) is 1. The summed E-state index contributed by atoms with van der Waals surface area (Å²) >= 11 is 4.79. The van der Waals surface area contributed by atoms with Crippen molar-refractivity contribution < 1.29 is 19.5 Å². The van der Waals surface area contributed by atoms with Gasteiger partial charge >= 0.3 is 5.97 Å². The minimum Gasteiger partial charge on any atom is -0.481 e. The number of thiocarbonyl (C=S) groups is 1. The van der Waals surface area contributed by atoms with Gasteiger partial charge in [0.25, 0.3) is 5.91 Å². The lowest BCUT2D eigenvalue weighted by Gasteiger charge is -2.12. The number of hydrogen-bond donors (Lipinski definition) is 3. The lowest BCUT2D eigenvalue weighted by molar-refractivity contribution is -0.140. The van der Waals surface area contributed by atoms with Crippen molar-refractivity contribution in [2.75, 3.05) is 0 Å². The van der Waals surface area contributed by atoms with Crippen molar-refractivity contribution in [2.24, 2.45) is 5.73 Å². The Morgan fingerprint density at radius 1 is 1.25 bits per heavy atom.